The first-order chi connectivity index (χ1) is 9.15. The van der Waals surface area contributed by atoms with Gasteiger partial charge in [-0.1, -0.05) is 6.07 Å². The smallest absolute Gasteiger partial charge is 0.307 e. The number of anilines is 1. The molecule has 1 aliphatic rings. The SMILES string of the molecule is Nc1cccc(OCCN2CCCC(C(=O)O)C2)c1. The van der Waals surface area contributed by atoms with Gasteiger partial charge in [0.25, 0.3) is 0 Å². The Morgan fingerprint density at radius 1 is 1.53 bits per heavy atom. The Balaban J connectivity index is 1.75. The molecule has 0 radical (unpaired) electrons. The van der Waals surface area contributed by atoms with Gasteiger partial charge in [0.1, 0.15) is 12.4 Å². The van der Waals surface area contributed by atoms with E-state index in [2.05, 4.69) is 4.90 Å². The van der Waals surface area contributed by atoms with Crippen molar-refractivity contribution in [3.8, 4) is 5.75 Å². The molecule has 1 heterocycles. The monoisotopic (exact) mass is 264 g/mol. The molecule has 0 aliphatic carbocycles. The second-order valence-corrected chi connectivity index (χ2v) is 4.90. The first kappa shape index (κ1) is 13.7. The number of likely N-dealkylation sites (tertiary alicyclic amines) is 1. The lowest BCUT2D eigenvalue weighted by Gasteiger charge is -2.30. The minimum atomic E-state index is -0.693. The molecule has 1 unspecified atom stereocenters. The third-order valence-electron chi connectivity index (χ3n) is 3.39. The summed E-state index contributed by atoms with van der Waals surface area (Å²) in [7, 11) is 0. The van der Waals surface area contributed by atoms with Gasteiger partial charge in [0.05, 0.1) is 5.92 Å². The summed E-state index contributed by atoms with van der Waals surface area (Å²) >= 11 is 0. The van der Waals surface area contributed by atoms with E-state index in [0.717, 1.165) is 31.7 Å². The Bertz CT molecular complexity index is 436. The molecular formula is C14H20N2O3. The Hall–Kier alpha value is -1.75. The van der Waals surface area contributed by atoms with Gasteiger partial charge in [0.2, 0.25) is 0 Å². The molecule has 0 aromatic heterocycles. The zero-order valence-corrected chi connectivity index (χ0v) is 10.9. The summed E-state index contributed by atoms with van der Waals surface area (Å²) in [6.45, 7) is 2.87. The molecule has 104 valence electrons. The predicted octanol–water partition coefficient (Wildman–Crippen LogP) is 1.44. The number of piperidine rings is 1. The molecule has 0 spiro atoms. The Morgan fingerprint density at radius 3 is 3.11 bits per heavy atom. The first-order valence-corrected chi connectivity index (χ1v) is 6.58. The second-order valence-electron chi connectivity index (χ2n) is 4.90. The highest BCUT2D eigenvalue weighted by Gasteiger charge is 2.24. The minimum Gasteiger partial charge on any atom is -0.492 e. The van der Waals surface area contributed by atoms with Crippen LogP contribution in [0.25, 0.3) is 0 Å². The second kappa shape index (κ2) is 6.43. The fourth-order valence-corrected chi connectivity index (χ4v) is 2.36. The number of carboxylic acid groups (broad SMARTS) is 1. The van der Waals surface area contributed by atoms with E-state index in [9.17, 15) is 4.79 Å². The van der Waals surface area contributed by atoms with E-state index < -0.39 is 5.97 Å². The summed E-state index contributed by atoms with van der Waals surface area (Å²) in [4.78, 5) is 13.1. The Kier molecular flexibility index (Phi) is 4.63. The summed E-state index contributed by atoms with van der Waals surface area (Å²) in [5, 5.41) is 9.02. The Labute approximate surface area is 113 Å². The van der Waals surface area contributed by atoms with Crippen LogP contribution >= 0.6 is 0 Å². The fraction of sp³-hybridized carbons (Fsp3) is 0.500. The summed E-state index contributed by atoms with van der Waals surface area (Å²) in [5.41, 5.74) is 6.35. The number of aliphatic carboxylic acids is 1. The van der Waals surface area contributed by atoms with Gasteiger partial charge in [-0.05, 0) is 31.5 Å². The van der Waals surface area contributed by atoms with E-state index in [1.54, 1.807) is 6.07 Å². The van der Waals surface area contributed by atoms with Crippen molar-refractivity contribution in [2.45, 2.75) is 12.8 Å². The van der Waals surface area contributed by atoms with Crippen LogP contribution in [0.1, 0.15) is 12.8 Å². The van der Waals surface area contributed by atoms with E-state index in [0.29, 0.717) is 18.8 Å². The van der Waals surface area contributed by atoms with Crippen molar-refractivity contribution in [2.75, 3.05) is 32.0 Å². The number of nitrogen functional groups attached to an aromatic ring is 1. The number of hydrogen-bond acceptors (Lipinski definition) is 4. The summed E-state index contributed by atoms with van der Waals surface area (Å²) in [6.07, 6.45) is 1.72. The number of nitrogens with two attached hydrogens (primary N) is 1. The van der Waals surface area contributed by atoms with Crippen molar-refractivity contribution in [1.82, 2.24) is 4.90 Å². The van der Waals surface area contributed by atoms with Gasteiger partial charge >= 0.3 is 5.97 Å². The molecule has 1 aliphatic heterocycles. The number of benzene rings is 1. The molecule has 5 heteroatoms. The third-order valence-corrected chi connectivity index (χ3v) is 3.39. The van der Waals surface area contributed by atoms with E-state index in [-0.39, 0.29) is 5.92 Å². The van der Waals surface area contributed by atoms with Crippen LogP contribution < -0.4 is 10.5 Å². The zero-order chi connectivity index (χ0) is 13.7. The molecule has 5 nitrogen and oxygen atoms in total. The maximum absolute atomic E-state index is 11.0. The van der Waals surface area contributed by atoms with Crippen molar-refractivity contribution in [1.29, 1.82) is 0 Å². The lowest BCUT2D eigenvalue weighted by molar-refractivity contribution is -0.143. The van der Waals surface area contributed by atoms with Gasteiger partial charge in [0, 0.05) is 24.8 Å². The van der Waals surface area contributed by atoms with Crippen LogP contribution in [-0.4, -0.2) is 42.2 Å². The van der Waals surface area contributed by atoms with Crippen molar-refractivity contribution in [3.63, 3.8) is 0 Å². The number of carboxylic acids is 1. The lowest BCUT2D eigenvalue weighted by Crippen LogP contribution is -2.40. The molecule has 1 fully saturated rings. The van der Waals surface area contributed by atoms with Crippen molar-refractivity contribution >= 4 is 11.7 Å². The van der Waals surface area contributed by atoms with Crippen molar-refractivity contribution < 1.29 is 14.6 Å². The number of rotatable bonds is 5. The molecule has 3 N–H and O–H groups in total. The van der Waals surface area contributed by atoms with Crippen molar-refractivity contribution in [3.05, 3.63) is 24.3 Å². The highest BCUT2D eigenvalue weighted by atomic mass is 16.5. The highest BCUT2D eigenvalue weighted by Crippen LogP contribution is 2.17. The highest BCUT2D eigenvalue weighted by molar-refractivity contribution is 5.70. The molecule has 2 rings (SSSR count). The fourth-order valence-electron chi connectivity index (χ4n) is 2.36. The van der Waals surface area contributed by atoms with Crippen molar-refractivity contribution in [2.24, 2.45) is 5.92 Å². The van der Waals surface area contributed by atoms with Gasteiger partial charge in [-0.3, -0.25) is 9.69 Å². The summed E-state index contributed by atoms with van der Waals surface area (Å²) in [5.74, 6) is -0.172. The number of ether oxygens (including phenoxy) is 1. The van der Waals surface area contributed by atoms with Crippen LogP contribution in [0.5, 0.6) is 5.75 Å². The number of hydrogen-bond donors (Lipinski definition) is 2. The summed E-state index contributed by atoms with van der Waals surface area (Å²) in [6, 6.07) is 7.32. The maximum Gasteiger partial charge on any atom is 0.307 e. The summed E-state index contributed by atoms with van der Waals surface area (Å²) < 4.78 is 5.62. The first-order valence-electron chi connectivity index (χ1n) is 6.58. The molecule has 1 aromatic carbocycles. The van der Waals surface area contributed by atoms with Crippen LogP contribution in [0.3, 0.4) is 0 Å². The molecular weight excluding hydrogens is 244 g/mol. The zero-order valence-electron chi connectivity index (χ0n) is 10.9. The van der Waals surface area contributed by atoms with Crippen LogP contribution in [0, 0.1) is 5.92 Å². The quantitative estimate of drug-likeness (QED) is 0.787. The lowest BCUT2D eigenvalue weighted by atomic mass is 9.98. The molecule has 0 saturated carbocycles. The van der Waals surface area contributed by atoms with Gasteiger partial charge < -0.3 is 15.6 Å². The minimum absolute atomic E-state index is 0.235. The predicted molar refractivity (Wildman–Crippen MR) is 73.1 cm³/mol. The standard InChI is InChI=1S/C14H20N2O3/c15-12-4-1-5-13(9-12)19-8-7-16-6-2-3-11(10-16)14(17)18/h1,4-5,9,11H,2-3,6-8,10,15H2,(H,17,18). The van der Waals surface area contributed by atoms with Gasteiger partial charge in [-0.2, -0.15) is 0 Å². The van der Waals surface area contributed by atoms with Gasteiger partial charge in [-0.25, -0.2) is 0 Å². The Morgan fingerprint density at radius 2 is 2.37 bits per heavy atom. The third kappa shape index (κ3) is 4.13. The molecule has 1 saturated heterocycles. The average molecular weight is 264 g/mol. The van der Waals surface area contributed by atoms with E-state index in [1.165, 1.54) is 0 Å². The van der Waals surface area contributed by atoms with E-state index in [4.69, 9.17) is 15.6 Å². The van der Waals surface area contributed by atoms with Crippen LogP contribution in [0.2, 0.25) is 0 Å². The van der Waals surface area contributed by atoms with Gasteiger partial charge in [-0.15, -0.1) is 0 Å². The number of carbonyl (C=O) groups is 1. The van der Waals surface area contributed by atoms with Crippen LogP contribution in [-0.2, 0) is 4.79 Å². The normalized spacial score (nSPS) is 20.1. The molecule has 0 bridgehead atoms. The average Bonchev–Trinajstić information content (AvgIpc) is 2.39. The molecule has 1 atom stereocenters. The maximum atomic E-state index is 11.0. The van der Waals surface area contributed by atoms with Crippen LogP contribution in [0.15, 0.2) is 24.3 Å². The number of nitrogens with zero attached hydrogens (tertiary/aromatic N) is 1. The van der Waals surface area contributed by atoms with E-state index >= 15 is 0 Å². The van der Waals surface area contributed by atoms with Gasteiger partial charge in [0.15, 0.2) is 0 Å². The topological polar surface area (TPSA) is 75.8 Å². The molecule has 1 aromatic rings. The molecule has 0 amide bonds. The van der Waals surface area contributed by atoms with E-state index in [1.807, 2.05) is 18.2 Å². The molecule has 19 heavy (non-hydrogen) atoms. The largest absolute Gasteiger partial charge is 0.492 e. The van der Waals surface area contributed by atoms with Crippen LogP contribution in [0.4, 0.5) is 5.69 Å².